The number of benzene rings is 7. The molecular weight excluding hydrogens is 520 g/mol. The fourth-order valence-corrected chi connectivity index (χ4v) is 6.77. The minimum absolute atomic E-state index is 1.02. The zero-order valence-electron chi connectivity index (χ0n) is 23.4. The molecule has 200 valence electrons. The van der Waals surface area contributed by atoms with E-state index in [2.05, 4.69) is 162 Å². The van der Waals surface area contributed by atoms with Gasteiger partial charge in [0.2, 0.25) is 0 Å². The van der Waals surface area contributed by atoms with E-state index in [0.29, 0.717) is 0 Å². The number of para-hydroxylation sites is 3. The van der Waals surface area contributed by atoms with E-state index < -0.39 is 0 Å². The number of hydrogen-bond donors (Lipinski definition) is 0. The fraction of sp³-hybridized carbons (Fsp3) is 0. The van der Waals surface area contributed by atoms with Gasteiger partial charge in [0.15, 0.2) is 0 Å². The zero-order chi connectivity index (χ0) is 28.3. The van der Waals surface area contributed by atoms with Crippen LogP contribution in [-0.4, -0.2) is 9.55 Å². The summed E-state index contributed by atoms with van der Waals surface area (Å²) in [6.45, 7) is 0. The topological polar surface area (TPSA) is 17.8 Å². The molecule has 0 saturated heterocycles. The van der Waals surface area contributed by atoms with Gasteiger partial charge in [-0.1, -0.05) is 127 Å². The standard InChI is InChI=1S/C41H26N2/c1-2-10-32-29(9-1)23-26-36-40(32)35-13-3-6-14-37(35)42-41(36)30-19-17-27(18-20-30)28-21-24-31(25-22-28)43-38-15-7-4-11-33(38)34-12-5-8-16-39(34)43/h1-26H. The third-order valence-corrected chi connectivity index (χ3v) is 8.79. The largest absolute Gasteiger partial charge is 0.309 e. The minimum atomic E-state index is 1.02. The maximum atomic E-state index is 5.17. The van der Waals surface area contributed by atoms with Crippen molar-refractivity contribution in [1.82, 2.24) is 9.55 Å². The first kappa shape index (κ1) is 23.9. The van der Waals surface area contributed by atoms with Gasteiger partial charge in [-0.3, -0.25) is 0 Å². The average molecular weight is 547 g/mol. The van der Waals surface area contributed by atoms with E-state index in [4.69, 9.17) is 4.98 Å². The van der Waals surface area contributed by atoms with Crippen molar-refractivity contribution in [2.75, 3.05) is 0 Å². The van der Waals surface area contributed by atoms with Crippen molar-refractivity contribution in [2.45, 2.75) is 0 Å². The number of fused-ring (bicyclic) bond motifs is 8. The molecule has 0 fully saturated rings. The van der Waals surface area contributed by atoms with E-state index in [0.717, 1.165) is 22.5 Å². The Labute approximate surface area is 249 Å². The maximum Gasteiger partial charge on any atom is 0.0788 e. The third kappa shape index (κ3) is 3.70. The first-order valence-corrected chi connectivity index (χ1v) is 14.7. The summed E-state index contributed by atoms with van der Waals surface area (Å²) in [7, 11) is 0. The van der Waals surface area contributed by atoms with Crippen molar-refractivity contribution in [3.63, 3.8) is 0 Å². The van der Waals surface area contributed by atoms with Crippen LogP contribution in [0.2, 0.25) is 0 Å². The number of aromatic nitrogens is 2. The summed E-state index contributed by atoms with van der Waals surface area (Å²) in [6.07, 6.45) is 0. The zero-order valence-corrected chi connectivity index (χ0v) is 23.4. The second-order valence-corrected chi connectivity index (χ2v) is 11.2. The summed E-state index contributed by atoms with van der Waals surface area (Å²) < 4.78 is 2.36. The molecule has 0 aliphatic rings. The molecule has 0 radical (unpaired) electrons. The van der Waals surface area contributed by atoms with Gasteiger partial charge < -0.3 is 4.57 Å². The summed E-state index contributed by atoms with van der Waals surface area (Å²) in [5.41, 5.74) is 9.16. The molecule has 0 unspecified atom stereocenters. The van der Waals surface area contributed by atoms with E-state index in [1.165, 1.54) is 59.9 Å². The van der Waals surface area contributed by atoms with Crippen LogP contribution in [0.1, 0.15) is 0 Å². The van der Waals surface area contributed by atoms with Crippen LogP contribution in [0.25, 0.3) is 82.3 Å². The molecule has 9 rings (SSSR count). The van der Waals surface area contributed by atoms with Crippen molar-refractivity contribution in [1.29, 1.82) is 0 Å². The smallest absolute Gasteiger partial charge is 0.0788 e. The van der Waals surface area contributed by atoms with Crippen LogP contribution in [0.15, 0.2) is 158 Å². The van der Waals surface area contributed by atoms with Crippen LogP contribution in [0.5, 0.6) is 0 Å². The van der Waals surface area contributed by atoms with Crippen LogP contribution in [0.3, 0.4) is 0 Å². The summed E-state index contributed by atoms with van der Waals surface area (Å²) in [5.74, 6) is 0. The lowest BCUT2D eigenvalue weighted by Gasteiger charge is -2.13. The predicted molar refractivity (Wildman–Crippen MR) is 182 cm³/mol. The van der Waals surface area contributed by atoms with E-state index in [1.54, 1.807) is 0 Å². The van der Waals surface area contributed by atoms with Gasteiger partial charge >= 0.3 is 0 Å². The first-order chi connectivity index (χ1) is 21.3. The van der Waals surface area contributed by atoms with Gasteiger partial charge in [-0.15, -0.1) is 0 Å². The highest BCUT2D eigenvalue weighted by atomic mass is 15.0. The van der Waals surface area contributed by atoms with E-state index in [-0.39, 0.29) is 0 Å². The number of hydrogen-bond acceptors (Lipinski definition) is 1. The minimum Gasteiger partial charge on any atom is -0.309 e. The molecule has 9 aromatic rings. The molecular formula is C41H26N2. The van der Waals surface area contributed by atoms with E-state index in [9.17, 15) is 0 Å². The molecule has 2 aromatic heterocycles. The summed E-state index contributed by atoms with van der Waals surface area (Å²) in [4.78, 5) is 5.17. The van der Waals surface area contributed by atoms with Gasteiger partial charge in [-0.25, -0.2) is 4.98 Å². The highest BCUT2D eigenvalue weighted by Crippen LogP contribution is 2.38. The van der Waals surface area contributed by atoms with Crippen LogP contribution in [0.4, 0.5) is 0 Å². The Hall–Kier alpha value is -5.73. The Bertz CT molecular complexity index is 2410. The quantitative estimate of drug-likeness (QED) is 0.202. The van der Waals surface area contributed by atoms with Crippen LogP contribution >= 0.6 is 0 Å². The van der Waals surface area contributed by atoms with Gasteiger partial charge in [0, 0.05) is 38.2 Å². The average Bonchev–Trinajstić information content (AvgIpc) is 3.42. The first-order valence-electron chi connectivity index (χ1n) is 14.7. The normalized spacial score (nSPS) is 11.7. The molecule has 0 N–H and O–H groups in total. The lowest BCUT2D eigenvalue weighted by atomic mass is 9.94. The van der Waals surface area contributed by atoms with Crippen molar-refractivity contribution in [3.05, 3.63) is 158 Å². The Morgan fingerprint density at radius 3 is 1.60 bits per heavy atom. The lowest BCUT2D eigenvalue weighted by molar-refractivity contribution is 1.18. The number of nitrogens with zero attached hydrogens (tertiary/aromatic N) is 2. The van der Waals surface area contributed by atoms with Gasteiger partial charge in [0.25, 0.3) is 0 Å². The predicted octanol–water partition coefficient (Wildman–Crippen LogP) is 11.0. The number of pyridine rings is 1. The van der Waals surface area contributed by atoms with E-state index >= 15 is 0 Å². The van der Waals surface area contributed by atoms with Gasteiger partial charge in [-0.05, 0) is 52.2 Å². The Balaban J connectivity index is 1.13. The second-order valence-electron chi connectivity index (χ2n) is 11.2. The van der Waals surface area contributed by atoms with Gasteiger partial charge in [0.05, 0.1) is 22.2 Å². The molecule has 0 aliphatic heterocycles. The van der Waals surface area contributed by atoms with Crippen LogP contribution in [0, 0.1) is 0 Å². The molecule has 0 aliphatic carbocycles. The Kier molecular flexibility index (Phi) is 5.23. The van der Waals surface area contributed by atoms with Crippen molar-refractivity contribution in [2.24, 2.45) is 0 Å². The second kappa shape index (κ2) is 9.40. The molecule has 0 atom stereocenters. The van der Waals surface area contributed by atoms with Crippen molar-refractivity contribution >= 4 is 54.3 Å². The molecule has 2 nitrogen and oxygen atoms in total. The molecule has 2 heterocycles. The van der Waals surface area contributed by atoms with Crippen molar-refractivity contribution in [3.8, 4) is 28.1 Å². The molecule has 2 heteroatoms. The molecule has 0 amide bonds. The molecule has 0 spiro atoms. The van der Waals surface area contributed by atoms with Crippen molar-refractivity contribution < 1.29 is 0 Å². The van der Waals surface area contributed by atoms with Gasteiger partial charge in [0.1, 0.15) is 0 Å². The van der Waals surface area contributed by atoms with Crippen LogP contribution in [-0.2, 0) is 0 Å². The molecule has 7 aromatic carbocycles. The maximum absolute atomic E-state index is 5.17. The fourth-order valence-electron chi connectivity index (χ4n) is 6.77. The third-order valence-electron chi connectivity index (χ3n) is 8.79. The molecule has 0 saturated carbocycles. The summed E-state index contributed by atoms with van der Waals surface area (Å²) in [6, 6.07) is 56.6. The summed E-state index contributed by atoms with van der Waals surface area (Å²) in [5, 5.41) is 8.71. The van der Waals surface area contributed by atoms with Crippen LogP contribution < -0.4 is 0 Å². The SMILES string of the molecule is c1ccc2c(c1)ccc1c(-c3ccc(-c4ccc(-n5c6ccccc6c6ccccc65)cc4)cc3)nc3ccccc3c12. The Morgan fingerprint density at radius 1 is 0.372 bits per heavy atom. The lowest BCUT2D eigenvalue weighted by Crippen LogP contribution is -1.93. The van der Waals surface area contributed by atoms with Gasteiger partial charge in [-0.2, -0.15) is 0 Å². The monoisotopic (exact) mass is 546 g/mol. The highest BCUT2D eigenvalue weighted by molar-refractivity contribution is 6.22. The molecule has 43 heavy (non-hydrogen) atoms. The number of rotatable bonds is 3. The molecule has 0 bridgehead atoms. The van der Waals surface area contributed by atoms with E-state index in [1.807, 2.05) is 0 Å². The highest BCUT2D eigenvalue weighted by Gasteiger charge is 2.14. The summed E-state index contributed by atoms with van der Waals surface area (Å²) >= 11 is 0. The Morgan fingerprint density at radius 2 is 0.907 bits per heavy atom.